The van der Waals surface area contributed by atoms with Crippen LogP contribution in [0.4, 0.5) is 11.1 Å². The molecule has 5 rings (SSSR count). The molecule has 7 N–H and O–H groups in total. The first-order chi connectivity index (χ1) is 22.5. The zero-order valence-electron chi connectivity index (χ0n) is 25.4. The van der Waals surface area contributed by atoms with Gasteiger partial charge < -0.3 is 36.7 Å². The Balaban J connectivity index is 1.39. The summed E-state index contributed by atoms with van der Waals surface area (Å²) >= 11 is 8.33. The fraction of sp³-hybridized carbons (Fsp3) is 0.407. The number of nitrogen functional groups attached to an aromatic ring is 1. The molecule has 5 heterocycles. The number of aryl methyl sites for hydroxylation is 1. The van der Waals surface area contributed by atoms with E-state index in [1.165, 1.54) is 18.7 Å². The summed E-state index contributed by atoms with van der Waals surface area (Å²) in [6, 6.07) is 2.69. The number of hydrogen-bond donors (Lipinski definition) is 6. The molecule has 47 heavy (non-hydrogen) atoms. The molecule has 2 aliphatic rings. The molecule has 17 nitrogen and oxygen atoms in total. The molecule has 3 atom stereocenters. The fourth-order valence-electron chi connectivity index (χ4n) is 5.15. The van der Waals surface area contributed by atoms with Crippen molar-refractivity contribution >= 4 is 86.4 Å². The van der Waals surface area contributed by atoms with Crippen LogP contribution < -0.4 is 26.3 Å². The Bertz CT molecular complexity index is 1810. The highest BCUT2D eigenvalue weighted by Crippen LogP contribution is 2.40. The highest BCUT2D eigenvalue weighted by Gasteiger charge is 2.54. The average Bonchev–Trinajstić information content (AvgIpc) is 3.57. The largest absolute Gasteiger partial charge is 0.478 e. The summed E-state index contributed by atoms with van der Waals surface area (Å²) in [5.74, 6) is -3.28. The molecule has 1 fully saturated rings. The molecule has 20 heteroatoms. The molecule has 0 spiro atoms. The molecule has 0 radical (unpaired) electrons. The van der Waals surface area contributed by atoms with Crippen molar-refractivity contribution in [2.45, 2.75) is 44.0 Å². The molecule has 0 aromatic carbocycles. The minimum atomic E-state index is -1.41. The van der Waals surface area contributed by atoms with Gasteiger partial charge in [-0.1, -0.05) is 28.1 Å². The third kappa shape index (κ3) is 6.69. The SMILES string of the molecule is CNCCCn1c(NC)nc2c1ccc[n+]2CC1=C(C(=O)O)N2C(=O)C(NC(=O)C(=NO[C@@H](C)C(=O)O)c3nc(N)sc3Cl)C2SC1. The van der Waals surface area contributed by atoms with Crippen LogP contribution in [0.2, 0.25) is 4.34 Å². The number of fused-ring (bicyclic) bond motifs is 2. The van der Waals surface area contributed by atoms with E-state index in [9.17, 15) is 24.3 Å². The number of halogens is 1. The summed E-state index contributed by atoms with van der Waals surface area (Å²) in [5.41, 5.74) is 6.92. The van der Waals surface area contributed by atoms with E-state index >= 15 is 0 Å². The summed E-state index contributed by atoms with van der Waals surface area (Å²) in [4.78, 5) is 65.4. The predicted octanol–water partition coefficient (Wildman–Crippen LogP) is 0.300. The first-order valence-corrected chi connectivity index (χ1v) is 16.5. The van der Waals surface area contributed by atoms with E-state index in [2.05, 4.69) is 30.7 Å². The maximum atomic E-state index is 13.4. The molecule has 2 amide bonds. The molecule has 0 bridgehead atoms. The Morgan fingerprint density at radius 3 is 2.70 bits per heavy atom. The molecule has 0 saturated carbocycles. The third-order valence-electron chi connectivity index (χ3n) is 7.40. The maximum Gasteiger partial charge on any atom is 0.352 e. The quantitative estimate of drug-likeness (QED) is 0.0436. The monoisotopic (exact) mass is 707 g/mol. The summed E-state index contributed by atoms with van der Waals surface area (Å²) in [7, 11) is 3.67. The van der Waals surface area contributed by atoms with Crippen LogP contribution in [0.15, 0.2) is 34.8 Å². The number of thioether (sulfide) groups is 1. The molecule has 1 saturated heterocycles. The standard InChI is InChI=1S/C27H31ClN10O7S2/c1-12(24(41)42)45-35-16(15-19(28)47-26(29)33-15)21(39)32-17-22(40)38-18(25(43)44)13(11-46-23(17)38)10-36-8-4-6-14-20(36)34-27(31-3)37(14)9-5-7-30-2/h4,6,8,12,17,23,30H,5,7,9-11H2,1-3H3,(H5,29,32,33,39,41,42,43,44)/p+1/t12-,17?,23?/m0/s1. The van der Waals surface area contributed by atoms with Gasteiger partial charge in [-0.15, -0.1) is 11.8 Å². The number of rotatable bonds is 14. The molecular formula is C27H32ClN10O7S2+. The molecular weight excluding hydrogens is 676 g/mol. The van der Waals surface area contributed by atoms with Crippen molar-refractivity contribution in [3.8, 4) is 0 Å². The summed E-state index contributed by atoms with van der Waals surface area (Å²) < 4.78 is 3.90. The van der Waals surface area contributed by atoms with Gasteiger partial charge in [0, 0.05) is 24.9 Å². The molecule has 2 aliphatic heterocycles. The molecule has 2 unspecified atom stereocenters. The van der Waals surface area contributed by atoms with Crippen molar-refractivity contribution in [2.75, 3.05) is 37.4 Å². The fourth-order valence-corrected chi connectivity index (χ4v) is 7.41. The van der Waals surface area contributed by atoms with E-state index in [-0.39, 0.29) is 33.2 Å². The zero-order valence-corrected chi connectivity index (χ0v) is 27.8. The van der Waals surface area contributed by atoms with Crippen molar-refractivity contribution in [1.29, 1.82) is 0 Å². The Morgan fingerprint density at radius 2 is 2.06 bits per heavy atom. The highest BCUT2D eigenvalue weighted by molar-refractivity contribution is 8.00. The lowest BCUT2D eigenvalue weighted by atomic mass is 10.0. The number of amides is 2. The molecule has 250 valence electrons. The van der Waals surface area contributed by atoms with E-state index in [1.54, 1.807) is 13.2 Å². The number of carboxylic acids is 2. The lowest BCUT2D eigenvalue weighted by Gasteiger charge is -2.49. The minimum Gasteiger partial charge on any atom is -0.478 e. The molecule has 3 aromatic rings. The minimum absolute atomic E-state index is 0.00511. The van der Waals surface area contributed by atoms with E-state index in [0.717, 1.165) is 34.7 Å². The van der Waals surface area contributed by atoms with Crippen LogP contribution in [0, 0.1) is 0 Å². The second-order valence-corrected chi connectivity index (χ2v) is 13.2. The second kappa shape index (κ2) is 14.1. The van der Waals surface area contributed by atoms with Crippen LogP contribution in [0.25, 0.3) is 11.2 Å². The van der Waals surface area contributed by atoms with E-state index in [1.807, 2.05) is 23.7 Å². The number of carbonyl (C=O) groups is 4. The van der Waals surface area contributed by atoms with Gasteiger partial charge in [-0.2, -0.15) is 0 Å². The first-order valence-electron chi connectivity index (χ1n) is 14.3. The number of oxime groups is 1. The summed E-state index contributed by atoms with van der Waals surface area (Å²) in [5, 5.41) is 31.1. The summed E-state index contributed by atoms with van der Waals surface area (Å²) in [6.07, 6.45) is 1.27. The smallest absolute Gasteiger partial charge is 0.352 e. The van der Waals surface area contributed by atoms with Crippen molar-refractivity contribution in [3.05, 3.63) is 39.6 Å². The van der Waals surface area contributed by atoms with Gasteiger partial charge in [0.2, 0.25) is 6.10 Å². The van der Waals surface area contributed by atoms with Crippen LogP contribution >= 0.6 is 34.7 Å². The van der Waals surface area contributed by atoms with Gasteiger partial charge in [-0.3, -0.25) is 19.1 Å². The summed E-state index contributed by atoms with van der Waals surface area (Å²) in [6.45, 7) is 2.91. The Kier molecular flexibility index (Phi) is 10.2. The lowest BCUT2D eigenvalue weighted by molar-refractivity contribution is -0.664. The number of anilines is 2. The number of nitrogens with one attached hydrogen (secondary N) is 3. The number of nitrogens with zero attached hydrogens (tertiary/aromatic N) is 6. The number of nitrogens with two attached hydrogens (primary N) is 1. The van der Waals surface area contributed by atoms with Crippen molar-refractivity contribution in [2.24, 2.45) is 5.16 Å². The van der Waals surface area contributed by atoms with Crippen molar-refractivity contribution < 1.29 is 38.8 Å². The van der Waals surface area contributed by atoms with Crippen molar-refractivity contribution in [1.82, 2.24) is 30.1 Å². The average molecular weight is 708 g/mol. The number of hydrogen-bond acceptors (Lipinski definition) is 13. The number of aliphatic carboxylic acids is 2. The van der Waals surface area contributed by atoms with Gasteiger partial charge >= 0.3 is 23.5 Å². The van der Waals surface area contributed by atoms with Gasteiger partial charge in [-0.25, -0.2) is 19.1 Å². The number of β-lactam (4-membered cyclic amide) rings is 1. The second-order valence-electron chi connectivity index (χ2n) is 10.5. The Labute approximate surface area is 280 Å². The van der Waals surface area contributed by atoms with Gasteiger partial charge in [0.05, 0.1) is 6.20 Å². The number of carbonyl (C=O) groups excluding carboxylic acids is 2. The molecule has 0 aliphatic carbocycles. The number of imidazole rings is 1. The van der Waals surface area contributed by atoms with Crippen LogP contribution in [-0.2, 0) is 37.1 Å². The van der Waals surface area contributed by atoms with Gasteiger partial charge in [0.15, 0.2) is 10.8 Å². The lowest BCUT2D eigenvalue weighted by Crippen LogP contribution is -2.71. The number of pyridine rings is 1. The normalized spacial score (nSPS) is 18.5. The van der Waals surface area contributed by atoms with Crippen LogP contribution in [0.3, 0.4) is 0 Å². The van der Waals surface area contributed by atoms with Crippen LogP contribution in [-0.4, -0.2) is 103 Å². The van der Waals surface area contributed by atoms with Gasteiger partial charge in [0.25, 0.3) is 11.8 Å². The van der Waals surface area contributed by atoms with Crippen LogP contribution in [0.5, 0.6) is 0 Å². The number of carboxylic acid groups (broad SMARTS) is 2. The zero-order chi connectivity index (χ0) is 34.0. The predicted molar refractivity (Wildman–Crippen MR) is 174 cm³/mol. The Hall–Kier alpha value is -4.46. The van der Waals surface area contributed by atoms with Gasteiger partial charge in [0.1, 0.15) is 39.2 Å². The van der Waals surface area contributed by atoms with Crippen LogP contribution in [0.1, 0.15) is 19.0 Å². The maximum absolute atomic E-state index is 13.4. The third-order valence-corrected chi connectivity index (χ3v) is 9.82. The topological polar surface area (TPSA) is 230 Å². The number of thiazole rings is 1. The number of aromatic nitrogens is 4. The van der Waals surface area contributed by atoms with Crippen molar-refractivity contribution in [3.63, 3.8) is 0 Å². The first kappa shape index (κ1) is 33.9. The van der Waals surface area contributed by atoms with E-state index < -0.39 is 47.0 Å². The Morgan fingerprint density at radius 1 is 1.30 bits per heavy atom. The molecule has 3 aromatic heterocycles. The van der Waals surface area contributed by atoms with Gasteiger partial charge in [-0.05, 0) is 44.1 Å². The highest BCUT2D eigenvalue weighted by atomic mass is 35.5. The van der Waals surface area contributed by atoms with E-state index in [4.69, 9.17) is 32.3 Å². The van der Waals surface area contributed by atoms with E-state index in [0.29, 0.717) is 23.7 Å².